The third-order valence-corrected chi connectivity index (χ3v) is 4.31. The van der Waals surface area contributed by atoms with Gasteiger partial charge in [-0.2, -0.15) is 0 Å². The van der Waals surface area contributed by atoms with Crippen molar-refractivity contribution in [1.29, 1.82) is 0 Å². The van der Waals surface area contributed by atoms with Crippen LogP contribution in [0.15, 0.2) is 18.2 Å². The molecule has 0 aromatic heterocycles. The van der Waals surface area contributed by atoms with Crippen molar-refractivity contribution in [3.05, 3.63) is 23.8 Å². The molecule has 1 aromatic carbocycles. The molecule has 0 radical (unpaired) electrons. The first-order chi connectivity index (χ1) is 8.27. The maximum absolute atomic E-state index is 11.8. The van der Waals surface area contributed by atoms with Crippen LogP contribution in [0.3, 0.4) is 0 Å². The summed E-state index contributed by atoms with van der Waals surface area (Å²) >= 11 is 0. The van der Waals surface area contributed by atoms with Gasteiger partial charge in [0.1, 0.15) is 0 Å². The van der Waals surface area contributed by atoms with E-state index in [-0.39, 0.29) is 11.5 Å². The number of nitrogens with one attached hydrogen (secondary N) is 1. The summed E-state index contributed by atoms with van der Waals surface area (Å²) in [4.78, 5) is 11.6. The van der Waals surface area contributed by atoms with E-state index < -0.39 is 15.3 Å². The van der Waals surface area contributed by atoms with E-state index in [1.165, 1.54) is 12.1 Å². The van der Waals surface area contributed by atoms with Crippen LogP contribution in [0, 0.1) is 0 Å². The highest BCUT2D eigenvalue weighted by Crippen LogP contribution is 2.23. The molecule has 0 saturated carbocycles. The van der Waals surface area contributed by atoms with Crippen molar-refractivity contribution in [2.75, 3.05) is 10.5 Å². The minimum absolute atomic E-state index is 0.0556. The molecule has 0 amide bonds. The lowest BCUT2D eigenvalue weighted by molar-refractivity contribution is 0.0988. The van der Waals surface area contributed by atoms with Crippen molar-refractivity contribution in [3.63, 3.8) is 0 Å². The van der Waals surface area contributed by atoms with E-state index in [0.29, 0.717) is 17.7 Å². The van der Waals surface area contributed by atoms with Crippen LogP contribution in [0.2, 0.25) is 0 Å². The molecule has 18 heavy (non-hydrogen) atoms. The Bertz CT molecular complexity index is 550. The molecule has 0 atom stereocenters. The van der Waals surface area contributed by atoms with E-state index in [4.69, 9.17) is 5.73 Å². The second-order valence-corrected chi connectivity index (χ2v) is 6.51. The van der Waals surface area contributed by atoms with Crippen LogP contribution >= 0.6 is 0 Å². The number of Topliss-reactive ketones (excluding diaryl/α,β-unsaturated/α-hetero) is 1. The average Bonchev–Trinajstić information content (AvgIpc) is 2.30. The number of nitrogen functional groups attached to an aromatic ring is 1. The van der Waals surface area contributed by atoms with Crippen molar-refractivity contribution >= 4 is 27.2 Å². The fourth-order valence-electron chi connectivity index (χ4n) is 1.29. The summed E-state index contributed by atoms with van der Waals surface area (Å²) in [6, 6.07) is 4.59. The van der Waals surface area contributed by atoms with Gasteiger partial charge in [0.2, 0.25) is 10.0 Å². The van der Waals surface area contributed by atoms with E-state index in [2.05, 4.69) is 4.72 Å². The lowest BCUT2D eigenvalue weighted by atomic mass is 10.1. The molecule has 0 aliphatic carbocycles. The second-order valence-electron chi connectivity index (χ2n) is 4.27. The molecule has 6 heteroatoms. The summed E-state index contributed by atoms with van der Waals surface area (Å²) in [5.41, 5.74) is 6.70. The van der Waals surface area contributed by atoms with Crippen LogP contribution in [0.5, 0.6) is 0 Å². The van der Waals surface area contributed by atoms with E-state index in [9.17, 15) is 13.2 Å². The predicted molar refractivity (Wildman–Crippen MR) is 73.2 cm³/mol. The van der Waals surface area contributed by atoms with Crippen molar-refractivity contribution in [3.8, 4) is 0 Å². The van der Waals surface area contributed by atoms with Crippen LogP contribution in [0.25, 0.3) is 0 Å². The van der Waals surface area contributed by atoms with Crippen LogP contribution < -0.4 is 10.5 Å². The summed E-state index contributed by atoms with van der Waals surface area (Å²) in [7, 11) is -3.46. The van der Waals surface area contributed by atoms with Gasteiger partial charge in [0.25, 0.3) is 0 Å². The molecular formula is C12H18N2O3S. The van der Waals surface area contributed by atoms with Crippen molar-refractivity contribution < 1.29 is 13.2 Å². The zero-order chi connectivity index (χ0) is 13.9. The van der Waals surface area contributed by atoms with Gasteiger partial charge in [0.05, 0.1) is 16.6 Å². The van der Waals surface area contributed by atoms with Gasteiger partial charge in [-0.05, 0) is 32.0 Å². The molecule has 1 aromatic rings. The van der Waals surface area contributed by atoms with Gasteiger partial charge in [-0.3, -0.25) is 9.52 Å². The number of carbonyl (C=O) groups is 1. The highest BCUT2D eigenvalue weighted by molar-refractivity contribution is 7.93. The first kappa shape index (κ1) is 14.5. The zero-order valence-corrected chi connectivity index (χ0v) is 11.5. The molecule has 1 rings (SSSR count). The first-order valence-electron chi connectivity index (χ1n) is 5.72. The van der Waals surface area contributed by atoms with Gasteiger partial charge in [-0.15, -0.1) is 0 Å². The fraction of sp³-hybridized carbons (Fsp3) is 0.417. The second kappa shape index (κ2) is 5.39. The predicted octanol–water partition coefficient (Wildman–Crippen LogP) is 2.01. The minimum Gasteiger partial charge on any atom is -0.397 e. The van der Waals surface area contributed by atoms with Crippen molar-refractivity contribution in [1.82, 2.24) is 0 Å². The van der Waals surface area contributed by atoms with E-state index in [0.717, 1.165) is 0 Å². The molecular weight excluding hydrogens is 252 g/mol. The first-order valence-corrected chi connectivity index (χ1v) is 7.27. The van der Waals surface area contributed by atoms with Crippen LogP contribution in [0.4, 0.5) is 11.4 Å². The summed E-state index contributed by atoms with van der Waals surface area (Å²) in [6.45, 7) is 4.88. The normalized spacial score (nSPS) is 11.6. The summed E-state index contributed by atoms with van der Waals surface area (Å²) in [5.74, 6) is -0.0556. The molecule has 0 aliphatic rings. The van der Waals surface area contributed by atoms with Gasteiger partial charge in [-0.1, -0.05) is 6.92 Å². The Balaban J connectivity index is 3.13. The van der Waals surface area contributed by atoms with Crippen LogP contribution in [0.1, 0.15) is 37.6 Å². The lowest BCUT2D eigenvalue weighted by Gasteiger charge is -2.13. The minimum atomic E-state index is -3.46. The molecule has 0 aliphatic heterocycles. The lowest BCUT2D eigenvalue weighted by Crippen LogP contribution is -2.23. The summed E-state index contributed by atoms with van der Waals surface area (Å²) in [5, 5.41) is -0.567. The number of nitrogens with two attached hydrogens (primary N) is 1. The van der Waals surface area contributed by atoms with E-state index in [1.807, 2.05) is 0 Å². The maximum atomic E-state index is 11.8. The molecule has 0 spiro atoms. The number of rotatable bonds is 5. The van der Waals surface area contributed by atoms with Gasteiger partial charge in [-0.25, -0.2) is 8.42 Å². The third-order valence-electron chi connectivity index (χ3n) is 2.57. The number of sulfonamides is 1. The van der Waals surface area contributed by atoms with Gasteiger partial charge >= 0.3 is 0 Å². The molecule has 0 bridgehead atoms. The van der Waals surface area contributed by atoms with E-state index in [1.54, 1.807) is 26.8 Å². The topological polar surface area (TPSA) is 89.3 Å². The number of carbonyl (C=O) groups excluding carboxylic acids is 1. The Kier molecular flexibility index (Phi) is 4.34. The van der Waals surface area contributed by atoms with E-state index >= 15 is 0 Å². The van der Waals surface area contributed by atoms with Crippen LogP contribution in [-0.2, 0) is 10.0 Å². The van der Waals surface area contributed by atoms with Crippen molar-refractivity contribution in [2.24, 2.45) is 0 Å². The number of anilines is 2. The SMILES string of the molecule is CCC(=O)c1ccc(N)c(NS(=O)(=O)C(C)C)c1. The number of hydrogen-bond acceptors (Lipinski definition) is 4. The summed E-state index contributed by atoms with van der Waals surface area (Å²) in [6.07, 6.45) is 0.361. The molecule has 5 nitrogen and oxygen atoms in total. The highest BCUT2D eigenvalue weighted by Gasteiger charge is 2.17. The standard InChI is InChI=1S/C12H18N2O3S/c1-4-12(15)9-5-6-10(13)11(7-9)14-18(16,17)8(2)3/h5-8,14H,4,13H2,1-3H3. The van der Waals surface area contributed by atoms with Crippen LogP contribution in [-0.4, -0.2) is 19.5 Å². The quantitative estimate of drug-likeness (QED) is 0.632. The van der Waals surface area contributed by atoms with Crippen molar-refractivity contribution in [2.45, 2.75) is 32.4 Å². The fourth-order valence-corrected chi connectivity index (χ4v) is 2.01. The highest BCUT2D eigenvalue weighted by atomic mass is 32.2. The molecule has 3 N–H and O–H groups in total. The van der Waals surface area contributed by atoms with Gasteiger partial charge < -0.3 is 5.73 Å². The summed E-state index contributed by atoms with van der Waals surface area (Å²) < 4.78 is 25.9. The Hall–Kier alpha value is -1.56. The monoisotopic (exact) mass is 270 g/mol. The molecule has 0 saturated heterocycles. The Morgan fingerprint density at radius 2 is 2.00 bits per heavy atom. The Morgan fingerprint density at radius 1 is 1.39 bits per heavy atom. The molecule has 0 fully saturated rings. The largest absolute Gasteiger partial charge is 0.397 e. The third kappa shape index (κ3) is 3.22. The molecule has 100 valence electrons. The maximum Gasteiger partial charge on any atom is 0.235 e. The molecule has 0 heterocycles. The molecule has 0 unspecified atom stereocenters. The number of ketones is 1. The number of benzene rings is 1. The van der Waals surface area contributed by atoms with Gasteiger partial charge in [0.15, 0.2) is 5.78 Å². The smallest absolute Gasteiger partial charge is 0.235 e. The zero-order valence-electron chi connectivity index (χ0n) is 10.7. The van der Waals surface area contributed by atoms with Gasteiger partial charge in [0, 0.05) is 12.0 Å². The number of hydrogen-bond donors (Lipinski definition) is 2. The Morgan fingerprint density at radius 3 is 2.50 bits per heavy atom. The average molecular weight is 270 g/mol. The Labute approximate surface area is 107 Å².